The highest BCUT2D eigenvalue weighted by Crippen LogP contribution is 2.32. The summed E-state index contributed by atoms with van der Waals surface area (Å²) in [5.74, 6) is -0.385. The number of rotatable bonds is 3. The molecule has 104 valence electrons. The fourth-order valence-corrected chi connectivity index (χ4v) is 2.45. The molecule has 0 bridgehead atoms. The maximum Gasteiger partial charge on any atom is 0.416 e. The van der Waals surface area contributed by atoms with Gasteiger partial charge in [0.25, 0.3) is 0 Å². The van der Waals surface area contributed by atoms with Crippen LogP contribution >= 0.6 is 0 Å². The van der Waals surface area contributed by atoms with Gasteiger partial charge in [0.05, 0.1) is 5.56 Å². The molecule has 2 rings (SSSR count). The van der Waals surface area contributed by atoms with Gasteiger partial charge >= 0.3 is 6.18 Å². The molecule has 19 heavy (non-hydrogen) atoms. The molecule has 1 aromatic rings. The van der Waals surface area contributed by atoms with Crippen LogP contribution in [0.25, 0.3) is 0 Å². The van der Waals surface area contributed by atoms with Crippen LogP contribution in [-0.2, 0) is 17.4 Å². The fraction of sp³-hybridized carbons (Fsp3) is 0.500. The van der Waals surface area contributed by atoms with Gasteiger partial charge in [-0.05, 0) is 37.3 Å². The van der Waals surface area contributed by atoms with Crippen LogP contribution in [0.2, 0.25) is 0 Å². The number of ketones is 1. The van der Waals surface area contributed by atoms with E-state index in [2.05, 4.69) is 0 Å². The molecule has 1 aromatic carbocycles. The largest absolute Gasteiger partial charge is 0.416 e. The first-order valence-corrected chi connectivity index (χ1v) is 6.23. The van der Waals surface area contributed by atoms with Crippen LogP contribution in [-0.4, -0.2) is 16.5 Å². The van der Waals surface area contributed by atoms with E-state index in [-0.39, 0.29) is 12.2 Å². The lowest BCUT2D eigenvalue weighted by molar-refractivity contribution is -0.138. The van der Waals surface area contributed by atoms with Crippen molar-refractivity contribution in [3.8, 4) is 0 Å². The third-order valence-corrected chi connectivity index (χ3v) is 3.57. The van der Waals surface area contributed by atoms with Gasteiger partial charge in [-0.1, -0.05) is 18.2 Å². The van der Waals surface area contributed by atoms with Gasteiger partial charge in [0.2, 0.25) is 0 Å². The van der Waals surface area contributed by atoms with Crippen molar-refractivity contribution in [2.24, 2.45) is 0 Å². The smallest absolute Gasteiger partial charge is 0.382 e. The van der Waals surface area contributed by atoms with Crippen molar-refractivity contribution in [1.82, 2.24) is 0 Å². The Balaban J connectivity index is 2.13. The first-order valence-electron chi connectivity index (χ1n) is 6.23. The van der Waals surface area contributed by atoms with Crippen LogP contribution in [0.5, 0.6) is 0 Å². The standard InChI is InChI=1S/C14H15F3O2/c15-14(16,17)11-5-3-4-10(8-11)9-12(18)13(19)6-1-2-7-13/h3-5,8,19H,1-2,6-7,9H2. The van der Waals surface area contributed by atoms with Gasteiger partial charge in [-0.2, -0.15) is 13.2 Å². The first-order chi connectivity index (χ1) is 8.81. The monoisotopic (exact) mass is 272 g/mol. The van der Waals surface area contributed by atoms with Gasteiger partial charge in [-0.15, -0.1) is 0 Å². The molecule has 2 nitrogen and oxygen atoms in total. The first kappa shape index (κ1) is 14.1. The number of hydrogen-bond acceptors (Lipinski definition) is 2. The topological polar surface area (TPSA) is 37.3 Å². The van der Waals surface area contributed by atoms with Crippen molar-refractivity contribution in [3.63, 3.8) is 0 Å². The van der Waals surface area contributed by atoms with E-state index in [9.17, 15) is 23.1 Å². The van der Waals surface area contributed by atoms with E-state index in [0.717, 1.165) is 25.0 Å². The molecular weight excluding hydrogens is 257 g/mol. The fourth-order valence-electron chi connectivity index (χ4n) is 2.45. The maximum absolute atomic E-state index is 12.5. The molecule has 0 saturated heterocycles. The van der Waals surface area contributed by atoms with Gasteiger partial charge in [0, 0.05) is 6.42 Å². The van der Waals surface area contributed by atoms with Crippen LogP contribution in [0, 0.1) is 0 Å². The number of alkyl halides is 3. The Labute approximate surface area is 109 Å². The summed E-state index contributed by atoms with van der Waals surface area (Å²) in [5.41, 5.74) is -1.81. The number of hydrogen-bond donors (Lipinski definition) is 1. The minimum absolute atomic E-state index is 0.152. The van der Waals surface area contributed by atoms with Gasteiger partial charge in [-0.3, -0.25) is 4.79 Å². The van der Waals surface area contributed by atoms with Crippen molar-refractivity contribution in [3.05, 3.63) is 35.4 Å². The predicted octanol–water partition coefficient (Wildman–Crippen LogP) is 3.12. The van der Waals surface area contributed by atoms with Crippen LogP contribution in [0.4, 0.5) is 13.2 Å². The van der Waals surface area contributed by atoms with Crippen LogP contribution in [0.3, 0.4) is 0 Å². The number of aliphatic hydroxyl groups is 1. The quantitative estimate of drug-likeness (QED) is 0.918. The average Bonchev–Trinajstić information content (AvgIpc) is 2.77. The molecule has 1 aliphatic rings. The summed E-state index contributed by atoms with van der Waals surface area (Å²) in [6.45, 7) is 0. The van der Waals surface area contributed by atoms with Crippen LogP contribution in [0.15, 0.2) is 24.3 Å². The number of halogens is 3. The molecule has 1 N–H and O–H groups in total. The van der Waals surface area contributed by atoms with Crippen molar-refractivity contribution in [1.29, 1.82) is 0 Å². The Morgan fingerprint density at radius 1 is 1.26 bits per heavy atom. The Bertz CT molecular complexity index is 474. The van der Waals surface area contributed by atoms with Crippen LogP contribution < -0.4 is 0 Å². The van der Waals surface area contributed by atoms with Crippen LogP contribution in [0.1, 0.15) is 36.8 Å². The summed E-state index contributed by atoms with van der Waals surface area (Å²) >= 11 is 0. The van der Waals surface area contributed by atoms with Crippen molar-refractivity contribution >= 4 is 5.78 Å². The van der Waals surface area contributed by atoms with E-state index in [4.69, 9.17) is 0 Å². The molecule has 0 amide bonds. The van der Waals surface area contributed by atoms with Crippen molar-refractivity contribution in [2.45, 2.75) is 43.9 Å². The second-order valence-electron chi connectivity index (χ2n) is 5.04. The van der Waals surface area contributed by atoms with Gasteiger partial charge < -0.3 is 5.11 Å². The second kappa shape index (κ2) is 4.96. The lowest BCUT2D eigenvalue weighted by atomic mass is 9.91. The maximum atomic E-state index is 12.5. The number of carbonyl (C=O) groups is 1. The molecule has 0 heterocycles. The normalized spacial score (nSPS) is 18.5. The predicted molar refractivity (Wildman–Crippen MR) is 63.6 cm³/mol. The molecule has 5 heteroatoms. The molecule has 0 aliphatic heterocycles. The summed E-state index contributed by atoms with van der Waals surface area (Å²) in [4.78, 5) is 12.0. The van der Waals surface area contributed by atoms with E-state index in [1.54, 1.807) is 0 Å². The Kier molecular flexibility index (Phi) is 3.67. The minimum atomic E-state index is -4.41. The summed E-state index contributed by atoms with van der Waals surface area (Å²) in [6.07, 6.45) is -2.19. The van der Waals surface area contributed by atoms with E-state index < -0.39 is 17.3 Å². The Morgan fingerprint density at radius 3 is 2.47 bits per heavy atom. The third kappa shape index (κ3) is 3.15. The highest BCUT2D eigenvalue weighted by Gasteiger charge is 2.38. The van der Waals surface area contributed by atoms with Gasteiger partial charge in [0.1, 0.15) is 5.60 Å². The lowest BCUT2D eigenvalue weighted by Crippen LogP contribution is -2.36. The molecule has 1 fully saturated rings. The van der Waals surface area contributed by atoms with E-state index in [1.165, 1.54) is 12.1 Å². The van der Waals surface area contributed by atoms with E-state index in [1.807, 2.05) is 0 Å². The highest BCUT2D eigenvalue weighted by molar-refractivity contribution is 5.89. The summed E-state index contributed by atoms with van der Waals surface area (Å²) in [7, 11) is 0. The molecular formula is C14H15F3O2. The molecule has 0 unspecified atom stereocenters. The van der Waals surface area contributed by atoms with E-state index in [0.29, 0.717) is 18.4 Å². The highest BCUT2D eigenvalue weighted by atomic mass is 19.4. The summed E-state index contributed by atoms with van der Waals surface area (Å²) in [6, 6.07) is 4.70. The van der Waals surface area contributed by atoms with E-state index >= 15 is 0 Å². The zero-order valence-corrected chi connectivity index (χ0v) is 10.3. The number of benzene rings is 1. The summed E-state index contributed by atoms with van der Waals surface area (Å²) < 4.78 is 37.6. The Morgan fingerprint density at radius 2 is 1.89 bits per heavy atom. The number of carbonyl (C=O) groups excluding carboxylic acids is 1. The van der Waals surface area contributed by atoms with Crippen molar-refractivity contribution < 1.29 is 23.1 Å². The zero-order chi connectivity index (χ0) is 14.1. The molecule has 1 saturated carbocycles. The zero-order valence-electron chi connectivity index (χ0n) is 10.3. The summed E-state index contributed by atoms with van der Waals surface area (Å²) in [5, 5.41) is 10.1. The van der Waals surface area contributed by atoms with Gasteiger partial charge in [-0.25, -0.2) is 0 Å². The number of Topliss-reactive ketones (excluding diaryl/α,β-unsaturated/α-hetero) is 1. The average molecular weight is 272 g/mol. The SMILES string of the molecule is O=C(Cc1cccc(C(F)(F)F)c1)C1(O)CCCC1. The molecule has 0 atom stereocenters. The van der Waals surface area contributed by atoms with Crippen molar-refractivity contribution in [2.75, 3.05) is 0 Å². The molecule has 0 radical (unpaired) electrons. The Hall–Kier alpha value is -1.36. The molecule has 0 aromatic heterocycles. The lowest BCUT2D eigenvalue weighted by Gasteiger charge is -2.20. The minimum Gasteiger partial charge on any atom is -0.382 e. The second-order valence-corrected chi connectivity index (χ2v) is 5.04. The van der Waals surface area contributed by atoms with Gasteiger partial charge in [0.15, 0.2) is 5.78 Å². The third-order valence-electron chi connectivity index (χ3n) is 3.57. The molecule has 1 aliphatic carbocycles. The molecule has 0 spiro atoms.